The van der Waals surface area contributed by atoms with Crippen LogP contribution >= 0.6 is 0 Å². The molecular weight excluding hydrogens is 288 g/mol. The first-order valence-corrected chi connectivity index (χ1v) is 6.73. The summed E-state index contributed by atoms with van der Waals surface area (Å²) in [5.41, 5.74) is 3.79. The molecule has 0 aromatic heterocycles. The van der Waals surface area contributed by atoms with E-state index in [1.807, 2.05) is 0 Å². The average molecular weight is 306 g/mol. The summed E-state index contributed by atoms with van der Waals surface area (Å²) in [6, 6.07) is 5.47. The van der Waals surface area contributed by atoms with E-state index in [0.29, 0.717) is 6.42 Å². The molecule has 0 aliphatic carbocycles. The molecule has 1 aromatic rings. The maximum absolute atomic E-state index is 12.8. The summed E-state index contributed by atoms with van der Waals surface area (Å²) in [5, 5.41) is 9.69. The van der Waals surface area contributed by atoms with Gasteiger partial charge < -0.3 is 10.8 Å². The molecule has 1 heterocycles. The van der Waals surface area contributed by atoms with Gasteiger partial charge in [0.05, 0.1) is 0 Å². The van der Waals surface area contributed by atoms with Gasteiger partial charge in [-0.05, 0) is 30.5 Å². The minimum Gasteiger partial charge on any atom is -0.379 e. The topological polar surface area (TPSA) is 49.5 Å². The molecule has 0 saturated carbocycles. The van der Waals surface area contributed by atoms with Crippen molar-refractivity contribution in [2.75, 3.05) is 19.6 Å². The minimum absolute atomic E-state index is 0.138. The van der Waals surface area contributed by atoms with E-state index in [0.717, 1.165) is 5.56 Å². The van der Waals surface area contributed by atoms with Gasteiger partial charge >= 0.3 is 6.18 Å². The quantitative estimate of drug-likeness (QED) is 0.833. The number of halogens is 4. The molecule has 0 bridgehead atoms. The van der Waals surface area contributed by atoms with Crippen LogP contribution in [-0.4, -0.2) is 47.5 Å². The maximum atomic E-state index is 12.8. The summed E-state index contributed by atoms with van der Waals surface area (Å²) in [5.74, 6) is -0.365. The van der Waals surface area contributed by atoms with E-state index in [9.17, 15) is 22.7 Å². The zero-order chi connectivity index (χ0) is 15.7. The molecule has 1 aromatic carbocycles. The van der Waals surface area contributed by atoms with E-state index in [1.54, 1.807) is 17.0 Å². The SMILES string of the molecule is NC[C@H](Cc1ccc(F)cc1)N1CC[C@](O)(C(F)(F)F)C1. The number of rotatable bonds is 4. The van der Waals surface area contributed by atoms with Crippen molar-refractivity contribution in [2.45, 2.75) is 30.7 Å². The van der Waals surface area contributed by atoms with Crippen molar-refractivity contribution >= 4 is 0 Å². The van der Waals surface area contributed by atoms with Crippen LogP contribution in [0.25, 0.3) is 0 Å². The number of alkyl halides is 3. The van der Waals surface area contributed by atoms with Crippen LogP contribution in [0.15, 0.2) is 24.3 Å². The normalized spacial score (nSPS) is 25.2. The van der Waals surface area contributed by atoms with Gasteiger partial charge in [-0.2, -0.15) is 13.2 Å². The van der Waals surface area contributed by atoms with Crippen LogP contribution < -0.4 is 5.73 Å². The number of benzene rings is 1. The van der Waals surface area contributed by atoms with Crippen molar-refractivity contribution in [3.8, 4) is 0 Å². The Morgan fingerprint density at radius 1 is 1.29 bits per heavy atom. The highest BCUT2D eigenvalue weighted by Crippen LogP contribution is 2.38. The van der Waals surface area contributed by atoms with Gasteiger partial charge in [-0.25, -0.2) is 4.39 Å². The van der Waals surface area contributed by atoms with E-state index in [4.69, 9.17) is 5.73 Å². The molecule has 21 heavy (non-hydrogen) atoms. The first kappa shape index (κ1) is 16.2. The molecule has 1 aliphatic rings. The predicted octanol–water partition coefficient (Wildman–Crippen LogP) is 1.69. The molecule has 7 heteroatoms. The van der Waals surface area contributed by atoms with Crippen LogP contribution in [0.1, 0.15) is 12.0 Å². The predicted molar refractivity (Wildman–Crippen MR) is 70.1 cm³/mol. The molecule has 0 amide bonds. The molecule has 2 atom stereocenters. The fraction of sp³-hybridized carbons (Fsp3) is 0.571. The number of nitrogens with zero attached hydrogens (tertiary/aromatic N) is 1. The third-order valence-electron chi connectivity index (χ3n) is 3.98. The van der Waals surface area contributed by atoms with Gasteiger partial charge in [0.1, 0.15) is 5.82 Å². The highest BCUT2D eigenvalue weighted by molar-refractivity contribution is 5.17. The summed E-state index contributed by atoms with van der Waals surface area (Å²) < 4.78 is 51.3. The van der Waals surface area contributed by atoms with Crippen molar-refractivity contribution in [1.29, 1.82) is 0 Å². The second kappa shape index (κ2) is 5.90. The maximum Gasteiger partial charge on any atom is 0.418 e. The monoisotopic (exact) mass is 306 g/mol. The van der Waals surface area contributed by atoms with E-state index in [2.05, 4.69) is 0 Å². The summed E-state index contributed by atoms with van der Waals surface area (Å²) in [4.78, 5) is 1.55. The molecule has 0 unspecified atom stereocenters. The van der Waals surface area contributed by atoms with Gasteiger partial charge in [0.2, 0.25) is 0 Å². The van der Waals surface area contributed by atoms with Crippen molar-refractivity contribution < 1.29 is 22.7 Å². The number of nitrogens with two attached hydrogens (primary N) is 1. The Hall–Kier alpha value is -1.18. The number of hydrogen-bond acceptors (Lipinski definition) is 3. The van der Waals surface area contributed by atoms with Crippen LogP contribution in [0, 0.1) is 5.82 Å². The summed E-state index contributed by atoms with van der Waals surface area (Å²) in [6.07, 6.45) is -4.57. The smallest absolute Gasteiger partial charge is 0.379 e. The van der Waals surface area contributed by atoms with Crippen LogP contribution in [0.2, 0.25) is 0 Å². The zero-order valence-electron chi connectivity index (χ0n) is 11.4. The number of aliphatic hydroxyl groups is 1. The molecule has 0 spiro atoms. The lowest BCUT2D eigenvalue weighted by Crippen LogP contribution is -2.50. The van der Waals surface area contributed by atoms with Gasteiger partial charge in [0.15, 0.2) is 5.60 Å². The van der Waals surface area contributed by atoms with Crippen molar-refractivity contribution in [3.63, 3.8) is 0 Å². The molecule has 1 fully saturated rings. The summed E-state index contributed by atoms with van der Waals surface area (Å²) >= 11 is 0. The minimum atomic E-state index is -4.64. The lowest BCUT2D eigenvalue weighted by Gasteiger charge is -2.30. The van der Waals surface area contributed by atoms with Gasteiger partial charge in [-0.3, -0.25) is 4.90 Å². The number of likely N-dealkylation sites (tertiary alicyclic amines) is 1. The first-order valence-electron chi connectivity index (χ1n) is 6.73. The van der Waals surface area contributed by atoms with E-state index >= 15 is 0 Å². The van der Waals surface area contributed by atoms with Gasteiger partial charge in [0, 0.05) is 25.7 Å². The molecule has 3 nitrogen and oxygen atoms in total. The zero-order valence-corrected chi connectivity index (χ0v) is 11.4. The molecule has 1 saturated heterocycles. The summed E-state index contributed by atoms with van der Waals surface area (Å²) in [6.45, 7) is -0.163. The van der Waals surface area contributed by atoms with Crippen LogP contribution in [0.5, 0.6) is 0 Å². The molecular formula is C14H18F4N2O. The van der Waals surface area contributed by atoms with Crippen LogP contribution in [0.3, 0.4) is 0 Å². The molecule has 0 radical (unpaired) electrons. The number of β-amino-alcohol motifs (C(OH)–C–C–N with tert-alkyl or cyclic N) is 1. The third kappa shape index (κ3) is 3.53. The largest absolute Gasteiger partial charge is 0.418 e. The standard InChI is InChI=1S/C14H18F4N2O/c15-11-3-1-10(2-4-11)7-12(8-19)20-6-5-13(21,9-20)14(16,17)18/h1-4,12,21H,5-9,19H2/t12-,13+/m0/s1. The van der Waals surface area contributed by atoms with Gasteiger partial charge in [-0.15, -0.1) is 0 Å². The molecule has 1 aliphatic heterocycles. The summed E-state index contributed by atoms with van der Waals surface area (Å²) in [7, 11) is 0. The van der Waals surface area contributed by atoms with Gasteiger partial charge in [0.25, 0.3) is 0 Å². The van der Waals surface area contributed by atoms with E-state index < -0.39 is 18.3 Å². The Labute approximate surface area is 120 Å². The van der Waals surface area contributed by atoms with Crippen LogP contribution in [0.4, 0.5) is 17.6 Å². The Kier molecular flexibility index (Phi) is 4.55. The molecule has 118 valence electrons. The Morgan fingerprint density at radius 3 is 2.38 bits per heavy atom. The average Bonchev–Trinajstić information content (AvgIpc) is 2.81. The first-order chi connectivity index (χ1) is 9.75. The fourth-order valence-corrected chi connectivity index (χ4v) is 2.62. The Morgan fingerprint density at radius 2 is 1.90 bits per heavy atom. The van der Waals surface area contributed by atoms with Crippen molar-refractivity contribution in [1.82, 2.24) is 4.90 Å². The lowest BCUT2D eigenvalue weighted by atomic mass is 10.0. The van der Waals surface area contributed by atoms with E-state index in [-0.39, 0.29) is 31.4 Å². The Bertz CT molecular complexity index is 477. The second-order valence-electron chi connectivity index (χ2n) is 5.47. The highest BCUT2D eigenvalue weighted by Gasteiger charge is 2.57. The van der Waals surface area contributed by atoms with Crippen molar-refractivity contribution in [2.24, 2.45) is 5.73 Å². The lowest BCUT2D eigenvalue weighted by molar-refractivity contribution is -0.254. The third-order valence-corrected chi connectivity index (χ3v) is 3.98. The number of hydrogen-bond donors (Lipinski definition) is 2. The fourth-order valence-electron chi connectivity index (χ4n) is 2.62. The highest BCUT2D eigenvalue weighted by atomic mass is 19.4. The van der Waals surface area contributed by atoms with Crippen LogP contribution in [-0.2, 0) is 6.42 Å². The molecule has 2 rings (SSSR count). The molecule has 3 N–H and O–H groups in total. The van der Waals surface area contributed by atoms with E-state index in [1.165, 1.54) is 12.1 Å². The Balaban J connectivity index is 2.04. The van der Waals surface area contributed by atoms with Gasteiger partial charge in [-0.1, -0.05) is 12.1 Å². The van der Waals surface area contributed by atoms with Crippen molar-refractivity contribution in [3.05, 3.63) is 35.6 Å². The second-order valence-corrected chi connectivity index (χ2v) is 5.47.